The predicted octanol–water partition coefficient (Wildman–Crippen LogP) is 0.290. The van der Waals surface area contributed by atoms with E-state index in [1.807, 2.05) is 0 Å². The maximum atomic E-state index is 13.0. The number of fused-ring (bicyclic) bond motifs is 1. The summed E-state index contributed by atoms with van der Waals surface area (Å²) in [5.74, 6) is -1.33. The lowest BCUT2D eigenvalue weighted by Gasteiger charge is -2.51. The van der Waals surface area contributed by atoms with Gasteiger partial charge < -0.3 is 15.0 Å². The fourth-order valence-corrected chi connectivity index (χ4v) is 5.69. The molecule has 4 unspecified atom stereocenters. The summed E-state index contributed by atoms with van der Waals surface area (Å²) in [5, 5.41) is 13.0. The molecule has 2 aromatic carbocycles. The van der Waals surface area contributed by atoms with Crippen LogP contribution in [0.2, 0.25) is 0 Å². The first-order valence-electron chi connectivity index (χ1n) is 10.5. The molecule has 35 heavy (non-hydrogen) atoms. The minimum absolute atomic E-state index is 0.0173. The maximum Gasteiger partial charge on any atom is 0.382 e. The normalized spacial score (nSPS) is 23.8. The van der Waals surface area contributed by atoms with Gasteiger partial charge in [-0.25, -0.2) is 9.59 Å². The second-order valence-electron chi connectivity index (χ2n) is 7.88. The van der Waals surface area contributed by atoms with Crippen LogP contribution < -0.4 is 5.32 Å². The second kappa shape index (κ2) is 10.00. The molecule has 11 nitrogen and oxygen atoms in total. The Morgan fingerprint density at radius 1 is 1.17 bits per heavy atom. The van der Waals surface area contributed by atoms with E-state index in [9.17, 15) is 33.5 Å². The Balaban J connectivity index is 1.52. The van der Waals surface area contributed by atoms with Crippen molar-refractivity contribution in [3.8, 4) is 0 Å². The molecule has 0 aromatic heterocycles. The smallest absolute Gasteiger partial charge is 0.382 e. The van der Waals surface area contributed by atoms with E-state index in [4.69, 9.17) is 4.74 Å². The van der Waals surface area contributed by atoms with Crippen molar-refractivity contribution in [3.63, 3.8) is 0 Å². The average Bonchev–Trinajstić information content (AvgIpc) is 2.86. The van der Waals surface area contributed by atoms with Crippen molar-refractivity contribution in [1.29, 1.82) is 0 Å². The Labute approximate surface area is 201 Å². The van der Waals surface area contributed by atoms with Gasteiger partial charge in [0.15, 0.2) is 6.04 Å². The first-order valence-corrected chi connectivity index (χ1v) is 11.9. The van der Waals surface area contributed by atoms with Crippen molar-refractivity contribution in [2.24, 2.45) is 0 Å². The SMILES string of the molecule is O=C=C1CS(=O)[C@H]2C(NC(=O)Cc3ccccc3)C(=O)N2C1C(=O)OC(c1ccccc1)[N+](=O)[O-]. The number of hydrogen-bond acceptors (Lipinski definition) is 8. The number of ether oxygens (including phenoxy) is 1. The van der Waals surface area contributed by atoms with E-state index in [1.54, 1.807) is 36.4 Å². The van der Waals surface area contributed by atoms with E-state index in [0.29, 0.717) is 5.56 Å². The minimum atomic E-state index is -1.87. The lowest BCUT2D eigenvalue weighted by Crippen LogP contribution is -2.77. The fourth-order valence-electron chi connectivity index (χ4n) is 4.03. The number of carbonyl (C=O) groups is 3. The second-order valence-corrected chi connectivity index (χ2v) is 9.42. The number of rotatable bonds is 7. The molecule has 0 spiro atoms. The van der Waals surface area contributed by atoms with Crippen LogP contribution in [0.5, 0.6) is 0 Å². The van der Waals surface area contributed by atoms with Crippen LogP contribution in [0.3, 0.4) is 0 Å². The van der Waals surface area contributed by atoms with Crippen LogP contribution in [0.25, 0.3) is 0 Å². The highest BCUT2D eigenvalue weighted by Gasteiger charge is 2.60. The number of benzene rings is 2. The van der Waals surface area contributed by atoms with Gasteiger partial charge in [-0.05, 0) is 17.7 Å². The van der Waals surface area contributed by atoms with Gasteiger partial charge in [-0.3, -0.25) is 23.9 Å². The van der Waals surface area contributed by atoms with Gasteiger partial charge in [0.25, 0.3) is 0 Å². The van der Waals surface area contributed by atoms with Gasteiger partial charge in [-0.1, -0.05) is 48.5 Å². The van der Waals surface area contributed by atoms with E-state index < -0.39 is 62.9 Å². The van der Waals surface area contributed by atoms with Crippen molar-refractivity contribution < 1.29 is 33.0 Å². The van der Waals surface area contributed by atoms with E-state index in [-0.39, 0.29) is 17.6 Å². The molecule has 0 radical (unpaired) electrons. The number of nitrogens with zero attached hydrogens (tertiary/aromatic N) is 2. The van der Waals surface area contributed by atoms with Crippen LogP contribution in [-0.2, 0) is 41.1 Å². The van der Waals surface area contributed by atoms with E-state index in [0.717, 1.165) is 4.90 Å². The van der Waals surface area contributed by atoms with Crippen molar-refractivity contribution in [2.45, 2.75) is 30.1 Å². The van der Waals surface area contributed by atoms with Crippen molar-refractivity contribution in [3.05, 3.63) is 87.5 Å². The molecule has 0 saturated carbocycles. The van der Waals surface area contributed by atoms with Crippen LogP contribution in [0.1, 0.15) is 17.4 Å². The highest BCUT2D eigenvalue weighted by atomic mass is 32.2. The van der Waals surface area contributed by atoms with Crippen molar-refractivity contribution in [1.82, 2.24) is 10.2 Å². The molecule has 180 valence electrons. The van der Waals surface area contributed by atoms with Crippen LogP contribution in [0, 0.1) is 10.1 Å². The summed E-state index contributed by atoms with van der Waals surface area (Å²) in [4.78, 5) is 61.4. The Kier molecular flexibility index (Phi) is 6.85. The van der Waals surface area contributed by atoms with Crippen LogP contribution in [0.4, 0.5) is 0 Å². The van der Waals surface area contributed by atoms with Gasteiger partial charge in [0, 0.05) is 0 Å². The van der Waals surface area contributed by atoms with Crippen LogP contribution in [0.15, 0.2) is 66.2 Å². The summed E-state index contributed by atoms with van der Waals surface area (Å²) in [7, 11) is -1.82. The number of carbonyl (C=O) groups excluding carboxylic acids is 4. The number of β-lactam (4-membered cyclic amide) rings is 1. The van der Waals surface area contributed by atoms with Gasteiger partial charge in [-0.2, -0.15) is 0 Å². The monoisotopic (exact) mass is 497 g/mol. The highest BCUT2D eigenvalue weighted by molar-refractivity contribution is 7.86. The third-order valence-corrected chi connectivity index (χ3v) is 7.27. The zero-order chi connectivity index (χ0) is 25.1. The lowest BCUT2D eigenvalue weighted by atomic mass is 9.98. The summed E-state index contributed by atoms with van der Waals surface area (Å²) in [6, 6.07) is 13.4. The zero-order valence-corrected chi connectivity index (χ0v) is 18.9. The minimum Gasteiger partial charge on any atom is -0.392 e. The topological polar surface area (TPSA) is 153 Å². The first-order chi connectivity index (χ1) is 16.8. The summed E-state index contributed by atoms with van der Waals surface area (Å²) >= 11 is 0. The Morgan fingerprint density at radius 3 is 2.40 bits per heavy atom. The maximum absolute atomic E-state index is 13.0. The van der Waals surface area contributed by atoms with Gasteiger partial charge in [0.05, 0.1) is 39.0 Å². The molecule has 2 amide bonds. The van der Waals surface area contributed by atoms with Crippen molar-refractivity contribution >= 4 is 34.5 Å². The number of nitro groups is 1. The van der Waals surface area contributed by atoms with Crippen LogP contribution >= 0.6 is 0 Å². The molecule has 2 aliphatic heterocycles. The van der Waals surface area contributed by atoms with Crippen molar-refractivity contribution in [2.75, 3.05) is 5.75 Å². The molecule has 12 heteroatoms. The third-order valence-electron chi connectivity index (χ3n) is 5.64. The molecule has 2 heterocycles. The summed E-state index contributed by atoms with van der Waals surface area (Å²) in [5.41, 5.74) is 0.472. The molecule has 2 saturated heterocycles. The Morgan fingerprint density at radius 2 is 1.80 bits per heavy atom. The Hall–Kier alpha value is -4.15. The van der Waals surface area contributed by atoms with E-state index in [1.165, 1.54) is 30.2 Å². The Bertz CT molecular complexity index is 1250. The van der Waals surface area contributed by atoms with Gasteiger partial charge >= 0.3 is 12.2 Å². The molecule has 0 aliphatic carbocycles. The van der Waals surface area contributed by atoms with Crippen LogP contribution in [-0.4, -0.2) is 61.0 Å². The molecule has 5 atom stereocenters. The number of hydrogen-bond donors (Lipinski definition) is 1. The number of amides is 2. The highest BCUT2D eigenvalue weighted by Crippen LogP contribution is 2.35. The predicted molar refractivity (Wildman–Crippen MR) is 121 cm³/mol. The third kappa shape index (κ3) is 4.75. The first kappa shape index (κ1) is 24.0. The summed E-state index contributed by atoms with van der Waals surface area (Å²) in [6.07, 6.45) is -1.89. The van der Waals surface area contributed by atoms with Gasteiger partial charge in [0.1, 0.15) is 17.4 Å². The zero-order valence-electron chi connectivity index (χ0n) is 18.1. The molecule has 2 aromatic rings. The molecular formula is C23H19N3O8S. The molecular weight excluding hydrogens is 478 g/mol. The number of nitrogens with one attached hydrogen (secondary N) is 1. The van der Waals surface area contributed by atoms with E-state index >= 15 is 0 Å². The van der Waals surface area contributed by atoms with Gasteiger partial charge in [0.2, 0.25) is 11.8 Å². The fraction of sp³-hybridized carbons (Fsp3) is 0.261. The molecule has 2 fully saturated rings. The standard InChI is InChI=1S/C23H19N3O8S/c27-12-16-13-35(33)22-18(24-17(28)11-14-7-3-1-4-8-14)20(29)25(22)19(16)23(30)34-21(26(31)32)15-9-5-2-6-10-15/h1-10,18-19,21-22H,11,13H2,(H,24,28)/t18?,19?,21?,22-,35?/m0/s1. The van der Waals surface area contributed by atoms with Gasteiger partial charge in [-0.15, -0.1) is 0 Å². The average molecular weight is 497 g/mol. The molecule has 0 bridgehead atoms. The summed E-state index contributed by atoms with van der Waals surface area (Å²) in [6.45, 7) is 0. The molecule has 2 aliphatic rings. The summed E-state index contributed by atoms with van der Waals surface area (Å²) < 4.78 is 17.8. The number of esters is 1. The quantitative estimate of drug-likeness (QED) is 0.143. The lowest BCUT2D eigenvalue weighted by molar-refractivity contribution is -0.576. The van der Waals surface area contributed by atoms with E-state index in [2.05, 4.69) is 5.32 Å². The molecule has 4 rings (SSSR count). The molecule has 1 N–H and O–H groups in total. The largest absolute Gasteiger partial charge is 0.392 e.